The number of rotatable bonds is 6. The van der Waals surface area contributed by atoms with Crippen LogP contribution in [0.5, 0.6) is 0 Å². The minimum atomic E-state index is 0.559. The molecule has 0 aliphatic carbocycles. The maximum absolute atomic E-state index is 5.40. The summed E-state index contributed by atoms with van der Waals surface area (Å²) in [5.74, 6) is 0.754. The largest absolute Gasteiger partial charge is 0.381 e. The van der Waals surface area contributed by atoms with E-state index in [0.717, 1.165) is 38.6 Å². The topological polar surface area (TPSA) is 39.1 Å². The van der Waals surface area contributed by atoms with Gasteiger partial charge >= 0.3 is 0 Å². The zero-order chi connectivity index (χ0) is 12.8. The molecule has 1 aliphatic heterocycles. The third-order valence-corrected chi connectivity index (χ3v) is 3.74. The van der Waals surface area contributed by atoms with E-state index in [0.29, 0.717) is 6.04 Å². The zero-order valence-corrected chi connectivity index (χ0v) is 11.6. The third-order valence-electron chi connectivity index (χ3n) is 3.74. The lowest BCUT2D eigenvalue weighted by Gasteiger charge is -2.28. The Balaban J connectivity index is 1.75. The van der Waals surface area contributed by atoms with Gasteiger partial charge in [-0.3, -0.25) is 4.68 Å². The molecule has 18 heavy (non-hydrogen) atoms. The summed E-state index contributed by atoms with van der Waals surface area (Å²) in [6, 6.07) is 0.559. The molecule has 1 aromatic heterocycles. The first-order valence-electron chi connectivity index (χ1n) is 7.12. The minimum Gasteiger partial charge on any atom is -0.381 e. The Hall–Kier alpha value is -0.870. The molecule has 1 fully saturated rings. The van der Waals surface area contributed by atoms with Crippen molar-refractivity contribution in [3.63, 3.8) is 0 Å². The molecule has 1 unspecified atom stereocenters. The molecule has 0 spiro atoms. The Morgan fingerprint density at radius 1 is 1.50 bits per heavy atom. The van der Waals surface area contributed by atoms with Crippen molar-refractivity contribution in [3.05, 3.63) is 18.0 Å². The quantitative estimate of drug-likeness (QED) is 0.842. The van der Waals surface area contributed by atoms with E-state index in [1.54, 1.807) is 0 Å². The van der Waals surface area contributed by atoms with Crippen LogP contribution in [0.3, 0.4) is 0 Å². The van der Waals surface area contributed by atoms with Crippen molar-refractivity contribution in [3.8, 4) is 0 Å². The van der Waals surface area contributed by atoms with Crippen LogP contribution in [0.4, 0.5) is 0 Å². The average molecular weight is 251 g/mol. The highest BCUT2D eigenvalue weighted by atomic mass is 16.5. The zero-order valence-electron chi connectivity index (χ0n) is 11.6. The Bertz CT molecular complexity index is 345. The summed E-state index contributed by atoms with van der Waals surface area (Å²) in [4.78, 5) is 0. The van der Waals surface area contributed by atoms with Crippen molar-refractivity contribution in [1.29, 1.82) is 0 Å². The molecule has 1 saturated heterocycles. The number of nitrogens with one attached hydrogen (secondary N) is 1. The first-order chi connectivity index (χ1) is 8.79. The second-order valence-electron chi connectivity index (χ2n) is 5.23. The smallest absolute Gasteiger partial charge is 0.0534 e. The molecule has 1 aliphatic rings. The minimum absolute atomic E-state index is 0.559. The van der Waals surface area contributed by atoms with Crippen LogP contribution in [0.2, 0.25) is 0 Å². The van der Waals surface area contributed by atoms with E-state index in [2.05, 4.69) is 30.5 Å². The lowest BCUT2D eigenvalue weighted by molar-refractivity contribution is 0.0558. The molecule has 4 nitrogen and oxygen atoms in total. The molecule has 1 atom stereocenters. The summed E-state index contributed by atoms with van der Waals surface area (Å²) in [6.45, 7) is 8.23. The standard InChI is InChI=1S/C14H25N3O/c1-3-6-17-11-13(10-16-17)9-15-12(2)14-4-7-18-8-5-14/h10-12,14-15H,3-9H2,1-2H3. The van der Waals surface area contributed by atoms with Gasteiger partial charge in [0, 0.05) is 44.1 Å². The second-order valence-corrected chi connectivity index (χ2v) is 5.23. The lowest BCUT2D eigenvalue weighted by Crippen LogP contribution is -2.36. The summed E-state index contributed by atoms with van der Waals surface area (Å²) in [7, 11) is 0. The molecule has 102 valence electrons. The van der Waals surface area contributed by atoms with Crippen LogP contribution in [0.25, 0.3) is 0 Å². The van der Waals surface area contributed by atoms with Gasteiger partial charge in [-0.1, -0.05) is 6.92 Å². The molecule has 4 heteroatoms. The van der Waals surface area contributed by atoms with Crippen LogP contribution >= 0.6 is 0 Å². The second kappa shape index (κ2) is 6.90. The van der Waals surface area contributed by atoms with Crippen LogP contribution in [-0.2, 0) is 17.8 Å². The van der Waals surface area contributed by atoms with E-state index in [4.69, 9.17) is 4.74 Å². The SMILES string of the molecule is CCCn1cc(CNC(C)C2CCOCC2)cn1. The van der Waals surface area contributed by atoms with Crippen LogP contribution in [0.15, 0.2) is 12.4 Å². The Morgan fingerprint density at radius 2 is 2.28 bits per heavy atom. The van der Waals surface area contributed by atoms with E-state index in [1.807, 2.05) is 10.9 Å². The molecule has 0 aromatic carbocycles. The van der Waals surface area contributed by atoms with Gasteiger partial charge in [-0.05, 0) is 32.1 Å². The highest BCUT2D eigenvalue weighted by Crippen LogP contribution is 2.18. The van der Waals surface area contributed by atoms with E-state index >= 15 is 0 Å². The maximum Gasteiger partial charge on any atom is 0.0534 e. The summed E-state index contributed by atoms with van der Waals surface area (Å²) < 4.78 is 7.43. The van der Waals surface area contributed by atoms with Crippen LogP contribution in [0.1, 0.15) is 38.7 Å². The maximum atomic E-state index is 5.40. The molecule has 2 rings (SSSR count). The molecule has 0 saturated carbocycles. The Labute approximate surface area is 110 Å². The summed E-state index contributed by atoms with van der Waals surface area (Å²) in [5, 5.41) is 7.97. The van der Waals surface area contributed by atoms with Gasteiger partial charge in [0.1, 0.15) is 0 Å². The molecule has 2 heterocycles. The number of hydrogen-bond acceptors (Lipinski definition) is 3. The predicted octanol–water partition coefficient (Wildman–Crippen LogP) is 2.20. The van der Waals surface area contributed by atoms with Crippen LogP contribution < -0.4 is 5.32 Å². The number of nitrogens with zero attached hydrogens (tertiary/aromatic N) is 2. The summed E-state index contributed by atoms with van der Waals surface area (Å²) in [5.41, 5.74) is 1.28. The van der Waals surface area contributed by atoms with E-state index < -0.39 is 0 Å². The van der Waals surface area contributed by atoms with Gasteiger partial charge in [0.2, 0.25) is 0 Å². The molecule has 0 bridgehead atoms. The van der Waals surface area contributed by atoms with Gasteiger partial charge in [-0.2, -0.15) is 5.10 Å². The number of aromatic nitrogens is 2. The van der Waals surface area contributed by atoms with Gasteiger partial charge in [0.25, 0.3) is 0 Å². The third kappa shape index (κ3) is 3.82. The number of aryl methyl sites for hydroxylation is 1. The fraction of sp³-hybridized carbons (Fsp3) is 0.786. The van der Waals surface area contributed by atoms with Crippen molar-refractivity contribution < 1.29 is 4.74 Å². The average Bonchev–Trinajstić information content (AvgIpc) is 2.85. The highest BCUT2D eigenvalue weighted by Gasteiger charge is 2.19. The van der Waals surface area contributed by atoms with Crippen molar-refractivity contribution in [2.75, 3.05) is 13.2 Å². The lowest BCUT2D eigenvalue weighted by atomic mass is 9.93. The summed E-state index contributed by atoms with van der Waals surface area (Å²) in [6.07, 6.45) is 7.62. The molecular weight excluding hydrogens is 226 g/mol. The predicted molar refractivity (Wildman–Crippen MR) is 72.4 cm³/mol. The van der Waals surface area contributed by atoms with Crippen molar-refractivity contribution in [2.45, 2.75) is 52.2 Å². The van der Waals surface area contributed by atoms with E-state index in [-0.39, 0.29) is 0 Å². The van der Waals surface area contributed by atoms with Gasteiger partial charge < -0.3 is 10.1 Å². The number of ether oxygens (including phenoxy) is 1. The molecule has 1 aromatic rings. The fourth-order valence-corrected chi connectivity index (χ4v) is 2.51. The molecular formula is C14H25N3O. The van der Waals surface area contributed by atoms with Crippen LogP contribution in [0, 0.1) is 5.92 Å². The molecule has 0 amide bonds. The van der Waals surface area contributed by atoms with Gasteiger partial charge in [0.15, 0.2) is 0 Å². The van der Waals surface area contributed by atoms with Gasteiger partial charge in [-0.25, -0.2) is 0 Å². The van der Waals surface area contributed by atoms with E-state index in [1.165, 1.54) is 18.4 Å². The highest BCUT2D eigenvalue weighted by molar-refractivity contribution is 5.03. The van der Waals surface area contributed by atoms with E-state index in [9.17, 15) is 0 Å². The normalized spacial score (nSPS) is 19.0. The van der Waals surface area contributed by atoms with Gasteiger partial charge in [-0.15, -0.1) is 0 Å². The van der Waals surface area contributed by atoms with Crippen molar-refractivity contribution in [1.82, 2.24) is 15.1 Å². The monoisotopic (exact) mass is 251 g/mol. The fourth-order valence-electron chi connectivity index (χ4n) is 2.51. The molecule has 1 N–H and O–H groups in total. The first kappa shape index (κ1) is 13.6. The summed E-state index contributed by atoms with van der Waals surface area (Å²) >= 11 is 0. The van der Waals surface area contributed by atoms with Crippen LogP contribution in [-0.4, -0.2) is 29.0 Å². The Morgan fingerprint density at radius 3 is 3.00 bits per heavy atom. The molecule has 0 radical (unpaired) electrons. The first-order valence-corrected chi connectivity index (χ1v) is 7.12. The van der Waals surface area contributed by atoms with Crippen molar-refractivity contribution in [2.24, 2.45) is 5.92 Å². The van der Waals surface area contributed by atoms with Gasteiger partial charge in [0.05, 0.1) is 6.20 Å². The van der Waals surface area contributed by atoms with Crippen molar-refractivity contribution >= 4 is 0 Å². The number of hydrogen-bond donors (Lipinski definition) is 1. The Kier molecular flexibility index (Phi) is 5.20.